The van der Waals surface area contributed by atoms with Gasteiger partial charge in [-0.2, -0.15) is 0 Å². The van der Waals surface area contributed by atoms with Crippen LogP contribution >= 0.6 is 0 Å². The molecular formula is C21H22O7. The topological polar surface area (TPSA) is 80.3 Å². The Labute approximate surface area is 163 Å². The van der Waals surface area contributed by atoms with Crippen molar-refractivity contribution in [1.29, 1.82) is 0 Å². The van der Waals surface area contributed by atoms with Gasteiger partial charge < -0.3 is 23.7 Å². The third-order valence-electron chi connectivity index (χ3n) is 4.41. The van der Waals surface area contributed by atoms with E-state index in [2.05, 4.69) is 0 Å². The summed E-state index contributed by atoms with van der Waals surface area (Å²) >= 11 is 0. The summed E-state index contributed by atoms with van der Waals surface area (Å²) in [7, 11) is 2.94. The molecule has 0 bridgehead atoms. The van der Waals surface area contributed by atoms with E-state index in [1.807, 2.05) is 6.07 Å². The first kappa shape index (κ1) is 20.0. The Kier molecular flexibility index (Phi) is 6.76. The molecule has 7 nitrogen and oxygen atoms in total. The van der Waals surface area contributed by atoms with Crippen LogP contribution in [-0.4, -0.2) is 57.4 Å². The van der Waals surface area contributed by atoms with Crippen molar-refractivity contribution in [1.82, 2.24) is 0 Å². The maximum absolute atomic E-state index is 12.5. The summed E-state index contributed by atoms with van der Waals surface area (Å²) in [6.07, 6.45) is -2.93. The SMILES string of the molecule is COC1[C@H](OC)O[C@H](COC(=O)c2ccccc2)[C@@H]1OC(=O)c1ccccc1. The molecule has 0 amide bonds. The van der Waals surface area contributed by atoms with Crippen LogP contribution < -0.4 is 0 Å². The highest BCUT2D eigenvalue weighted by molar-refractivity contribution is 5.90. The molecule has 0 aromatic heterocycles. The molecule has 2 aromatic carbocycles. The zero-order valence-corrected chi connectivity index (χ0v) is 15.6. The molecule has 1 aliphatic rings. The van der Waals surface area contributed by atoms with E-state index in [-0.39, 0.29) is 6.61 Å². The van der Waals surface area contributed by atoms with Crippen molar-refractivity contribution >= 4 is 11.9 Å². The van der Waals surface area contributed by atoms with Crippen LogP contribution in [0.3, 0.4) is 0 Å². The van der Waals surface area contributed by atoms with E-state index in [4.69, 9.17) is 23.7 Å². The lowest BCUT2D eigenvalue weighted by molar-refractivity contribution is -0.159. The summed E-state index contributed by atoms with van der Waals surface area (Å²) in [5, 5.41) is 0. The number of methoxy groups -OCH3 is 2. The highest BCUT2D eigenvalue weighted by Gasteiger charge is 2.48. The van der Waals surface area contributed by atoms with Gasteiger partial charge in [0.2, 0.25) is 0 Å². The van der Waals surface area contributed by atoms with Crippen LogP contribution in [0, 0.1) is 0 Å². The van der Waals surface area contributed by atoms with Crippen molar-refractivity contribution < 1.29 is 33.3 Å². The molecule has 1 saturated heterocycles. The average Bonchev–Trinajstić information content (AvgIpc) is 3.09. The van der Waals surface area contributed by atoms with Gasteiger partial charge >= 0.3 is 11.9 Å². The number of carbonyl (C=O) groups is 2. The maximum atomic E-state index is 12.5. The molecule has 3 rings (SSSR count). The fourth-order valence-electron chi connectivity index (χ4n) is 2.99. The number of carbonyl (C=O) groups excluding carboxylic acids is 2. The monoisotopic (exact) mass is 386 g/mol. The molecule has 28 heavy (non-hydrogen) atoms. The fraction of sp³-hybridized carbons (Fsp3) is 0.333. The zero-order valence-electron chi connectivity index (χ0n) is 15.6. The molecule has 1 aliphatic heterocycles. The Hall–Kier alpha value is -2.74. The molecule has 4 atom stereocenters. The van der Waals surface area contributed by atoms with Crippen molar-refractivity contribution in [2.75, 3.05) is 20.8 Å². The second kappa shape index (κ2) is 9.45. The minimum absolute atomic E-state index is 0.111. The summed E-state index contributed by atoms with van der Waals surface area (Å²) in [5.74, 6) is -1.01. The second-order valence-electron chi connectivity index (χ2n) is 6.18. The minimum atomic E-state index is -0.800. The minimum Gasteiger partial charge on any atom is -0.459 e. The van der Waals surface area contributed by atoms with Gasteiger partial charge in [0.05, 0.1) is 11.1 Å². The molecule has 0 spiro atoms. The van der Waals surface area contributed by atoms with E-state index in [1.165, 1.54) is 14.2 Å². The first-order valence-electron chi connectivity index (χ1n) is 8.83. The van der Waals surface area contributed by atoms with Gasteiger partial charge in [0, 0.05) is 14.2 Å². The third-order valence-corrected chi connectivity index (χ3v) is 4.41. The van der Waals surface area contributed by atoms with E-state index in [0.29, 0.717) is 11.1 Å². The van der Waals surface area contributed by atoms with Crippen molar-refractivity contribution in [2.24, 2.45) is 0 Å². The average molecular weight is 386 g/mol. The molecule has 148 valence electrons. The Balaban J connectivity index is 1.70. The van der Waals surface area contributed by atoms with E-state index < -0.39 is 36.5 Å². The van der Waals surface area contributed by atoms with Gasteiger partial charge in [-0.15, -0.1) is 0 Å². The molecule has 7 heteroatoms. The number of rotatable bonds is 7. The summed E-state index contributed by atoms with van der Waals surface area (Å²) in [4.78, 5) is 24.7. The van der Waals surface area contributed by atoms with Crippen LogP contribution in [0.2, 0.25) is 0 Å². The van der Waals surface area contributed by atoms with E-state index in [1.54, 1.807) is 54.6 Å². The smallest absolute Gasteiger partial charge is 0.338 e. The molecule has 1 heterocycles. The largest absolute Gasteiger partial charge is 0.459 e. The lowest BCUT2D eigenvalue weighted by Crippen LogP contribution is -2.40. The number of hydrogen-bond acceptors (Lipinski definition) is 7. The molecule has 0 aliphatic carbocycles. The first-order chi connectivity index (χ1) is 13.6. The van der Waals surface area contributed by atoms with Crippen LogP contribution in [0.4, 0.5) is 0 Å². The normalized spacial score (nSPS) is 23.9. The molecule has 0 saturated carbocycles. The number of esters is 2. The number of benzene rings is 2. The first-order valence-corrected chi connectivity index (χ1v) is 8.83. The molecule has 0 N–H and O–H groups in total. The lowest BCUT2D eigenvalue weighted by Gasteiger charge is -2.22. The van der Waals surface area contributed by atoms with Crippen molar-refractivity contribution in [3.05, 3.63) is 71.8 Å². The standard InChI is InChI=1S/C21H22O7/c1-24-18-17(28-20(23)15-11-7-4-8-12-15)16(27-21(18)25-2)13-26-19(22)14-9-5-3-6-10-14/h3-12,16-18,21H,13H2,1-2H3/t16-,17+,18?,21-/m1/s1. The van der Waals surface area contributed by atoms with Crippen molar-refractivity contribution in [2.45, 2.75) is 24.6 Å². The van der Waals surface area contributed by atoms with Crippen LogP contribution in [0.15, 0.2) is 60.7 Å². The van der Waals surface area contributed by atoms with Gasteiger partial charge in [-0.3, -0.25) is 0 Å². The predicted molar refractivity (Wildman–Crippen MR) is 98.8 cm³/mol. The van der Waals surface area contributed by atoms with Gasteiger partial charge in [-0.1, -0.05) is 36.4 Å². The van der Waals surface area contributed by atoms with Crippen molar-refractivity contribution in [3.63, 3.8) is 0 Å². The van der Waals surface area contributed by atoms with E-state index >= 15 is 0 Å². The molecule has 1 unspecified atom stereocenters. The highest BCUT2D eigenvalue weighted by Crippen LogP contribution is 2.28. The Morgan fingerprint density at radius 2 is 1.39 bits per heavy atom. The van der Waals surface area contributed by atoms with Crippen LogP contribution in [0.1, 0.15) is 20.7 Å². The van der Waals surface area contributed by atoms with Crippen LogP contribution in [0.5, 0.6) is 0 Å². The van der Waals surface area contributed by atoms with Gasteiger partial charge in [-0.05, 0) is 24.3 Å². The zero-order chi connectivity index (χ0) is 19.9. The number of ether oxygens (including phenoxy) is 5. The van der Waals surface area contributed by atoms with Crippen LogP contribution in [-0.2, 0) is 23.7 Å². The van der Waals surface area contributed by atoms with Gasteiger partial charge in [-0.25, -0.2) is 9.59 Å². The summed E-state index contributed by atoms with van der Waals surface area (Å²) < 4.78 is 27.4. The van der Waals surface area contributed by atoms with Gasteiger partial charge in [0.15, 0.2) is 12.4 Å². The van der Waals surface area contributed by atoms with Crippen molar-refractivity contribution in [3.8, 4) is 0 Å². The number of hydrogen-bond donors (Lipinski definition) is 0. The molecule has 1 fully saturated rings. The van der Waals surface area contributed by atoms with Gasteiger partial charge in [0.1, 0.15) is 18.8 Å². The fourth-order valence-corrected chi connectivity index (χ4v) is 2.99. The summed E-state index contributed by atoms with van der Waals surface area (Å²) in [5.41, 5.74) is 0.822. The predicted octanol–water partition coefficient (Wildman–Crippen LogP) is 2.46. The van der Waals surface area contributed by atoms with E-state index in [0.717, 1.165) is 0 Å². The summed E-state index contributed by atoms with van der Waals surface area (Å²) in [6.45, 7) is -0.111. The highest BCUT2D eigenvalue weighted by atomic mass is 16.7. The maximum Gasteiger partial charge on any atom is 0.338 e. The molecule has 0 radical (unpaired) electrons. The second-order valence-corrected chi connectivity index (χ2v) is 6.18. The Bertz CT molecular complexity index is 778. The van der Waals surface area contributed by atoms with Crippen LogP contribution in [0.25, 0.3) is 0 Å². The third kappa shape index (κ3) is 4.56. The Morgan fingerprint density at radius 3 is 1.93 bits per heavy atom. The molecular weight excluding hydrogens is 364 g/mol. The van der Waals surface area contributed by atoms with Gasteiger partial charge in [0.25, 0.3) is 0 Å². The quantitative estimate of drug-likeness (QED) is 0.676. The Morgan fingerprint density at radius 1 is 0.821 bits per heavy atom. The molecule has 2 aromatic rings. The lowest BCUT2D eigenvalue weighted by atomic mass is 10.1. The van der Waals surface area contributed by atoms with E-state index in [9.17, 15) is 9.59 Å². The summed E-state index contributed by atoms with van der Waals surface area (Å²) in [6, 6.07) is 17.2.